The van der Waals surface area contributed by atoms with Crippen molar-refractivity contribution < 1.29 is 9.47 Å². The van der Waals surface area contributed by atoms with Gasteiger partial charge in [-0.05, 0) is 24.3 Å². The summed E-state index contributed by atoms with van der Waals surface area (Å²) in [5.41, 5.74) is 0.745. The van der Waals surface area contributed by atoms with E-state index in [1.54, 1.807) is 32.8 Å². The van der Waals surface area contributed by atoms with Crippen molar-refractivity contribution in [1.29, 1.82) is 0 Å². The zero-order valence-corrected chi connectivity index (χ0v) is 16.4. The number of anilines is 4. The van der Waals surface area contributed by atoms with Crippen LogP contribution in [0.1, 0.15) is 0 Å². The molecule has 0 spiro atoms. The van der Waals surface area contributed by atoms with Crippen molar-refractivity contribution in [3.05, 3.63) is 48.9 Å². The molecule has 4 rings (SSSR count). The quantitative estimate of drug-likeness (QED) is 0.678. The molecule has 1 aliphatic heterocycles. The van der Waals surface area contributed by atoms with Crippen molar-refractivity contribution in [2.75, 3.05) is 55.5 Å². The highest BCUT2D eigenvalue weighted by Crippen LogP contribution is 2.31. The summed E-state index contributed by atoms with van der Waals surface area (Å²) in [6.45, 7) is 3.33. The first-order chi connectivity index (χ1) is 14.3. The third-order valence-corrected chi connectivity index (χ3v) is 4.73. The summed E-state index contributed by atoms with van der Waals surface area (Å²) in [6.07, 6.45) is 5.29. The standard InChI is InChI=1S/C20H23N7O2/c1-28-15-4-5-17(29-2)16(14-15)24-19-21-9-6-18(25-19)26-10-12-27(13-11-26)20-22-7-3-8-23-20/h3-9,14H,10-13H2,1-2H3,(H,21,24,25). The van der Waals surface area contributed by atoms with Gasteiger partial charge in [0.1, 0.15) is 17.3 Å². The van der Waals surface area contributed by atoms with Crippen LogP contribution in [0.3, 0.4) is 0 Å². The average molecular weight is 393 g/mol. The Morgan fingerprint density at radius 3 is 2.34 bits per heavy atom. The van der Waals surface area contributed by atoms with Gasteiger partial charge in [-0.2, -0.15) is 4.98 Å². The number of methoxy groups -OCH3 is 2. The van der Waals surface area contributed by atoms with Crippen molar-refractivity contribution in [3.63, 3.8) is 0 Å². The highest BCUT2D eigenvalue weighted by molar-refractivity contribution is 5.65. The Balaban J connectivity index is 1.46. The van der Waals surface area contributed by atoms with Gasteiger partial charge < -0.3 is 24.6 Å². The van der Waals surface area contributed by atoms with Crippen molar-refractivity contribution in [1.82, 2.24) is 19.9 Å². The van der Waals surface area contributed by atoms with Crippen molar-refractivity contribution in [2.45, 2.75) is 0 Å². The molecule has 1 aromatic carbocycles. The third-order valence-electron chi connectivity index (χ3n) is 4.73. The smallest absolute Gasteiger partial charge is 0.229 e. The Kier molecular flexibility index (Phi) is 5.55. The summed E-state index contributed by atoms with van der Waals surface area (Å²) in [4.78, 5) is 22.1. The van der Waals surface area contributed by atoms with Crippen LogP contribution in [0.25, 0.3) is 0 Å². The van der Waals surface area contributed by atoms with Gasteiger partial charge in [-0.15, -0.1) is 0 Å². The van der Waals surface area contributed by atoms with E-state index in [1.807, 2.05) is 30.3 Å². The fourth-order valence-corrected chi connectivity index (χ4v) is 3.21. The van der Waals surface area contributed by atoms with Crippen LogP contribution in [0.2, 0.25) is 0 Å². The first-order valence-corrected chi connectivity index (χ1v) is 9.36. The number of rotatable bonds is 6. The Bertz CT molecular complexity index is 947. The van der Waals surface area contributed by atoms with Crippen LogP contribution < -0.4 is 24.6 Å². The molecule has 0 amide bonds. The molecule has 0 unspecified atom stereocenters. The van der Waals surface area contributed by atoms with Gasteiger partial charge in [0, 0.05) is 50.8 Å². The lowest BCUT2D eigenvalue weighted by Crippen LogP contribution is -2.47. The monoisotopic (exact) mass is 393 g/mol. The summed E-state index contributed by atoms with van der Waals surface area (Å²) in [6, 6.07) is 9.29. The Morgan fingerprint density at radius 1 is 0.862 bits per heavy atom. The molecule has 3 aromatic rings. The van der Waals surface area contributed by atoms with Crippen molar-refractivity contribution >= 4 is 23.4 Å². The first kappa shape index (κ1) is 18.7. The van der Waals surface area contributed by atoms with E-state index in [2.05, 4.69) is 35.1 Å². The Morgan fingerprint density at radius 2 is 1.62 bits per heavy atom. The van der Waals surface area contributed by atoms with Crippen LogP contribution in [-0.4, -0.2) is 60.3 Å². The summed E-state index contributed by atoms with van der Waals surface area (Å²) in [5, 5.41) is 3.23. The van der Waals surface area contributed by atoms with E-state index in [4.69, 9.17) is 9.47 Å². The van der Waals surface area contributed by atoms with Gasteiger partial charge in [0.2, 0.25) is 11.9 Å². The van der Waals surface area contributed by atoms with E-state index in [0.29, 0.717) is 11.7 Å². The molecule has 1 aliphatic rings. The van der Waals surface area contributed by atoms with E-state index in [9.17, 15) is 0 Å². The number of aromatic nitrogens is 4. The predicted molar refractivity (Wildman–Crippen MR) is 111 cm³/mol. The zero-order valence-electron chi connectivity index (χ0n) is 16.4. The number of hydrogen-bond acceptors (Lipinski definition) is 9. The van der Waals surface area contributed by atoms with Gasteiger partial charge in [-0.25, -0.2) is 15.0 Å². The summed E-state index contributed by atoms with van der Waals surface area (Å²) < 4.78 is 10.7. The summed E-state index contributed by atoms with van der Waals surface area (Å²) >= 11 is 0. The lowest BCUT2D eigenvalue weighted by molar-refractivity contribution is 0.405. The van der Waals surface area contributed by atoms with Crippen LogP contribution in [0, 0.1) is 0 Å². The SMILES string of the molecule is COc1ccc(OC)c(Nc2nccc(N3CCN(c4ncccn4)CC3)n2)c1. The molecule has 0 saturated carbocycles. The predicted octanol–water partition coefficient (Wildman–Crippen LogP) is 2.35. The van der Waals surface area contributed by atoms with E-state index < -0.39 is 0 Å². The highest BCUT2D eigenvalue weighted by Gasteiger charge is 2.20. The van der Waals surface area contributed by atoms with E-state index in [0.717, 1.165) is 49.4 Å². The lowest BCUT2D eigenvalue weighted by atomic mass is 10.2. The fourth-order valence-electron chi connectivity index (χ4n) is 3.21. The van der Waals surface area contributed by atoms with Gasteiger partial charge in [0.25, 0.3) is 0 Å². The molecule has 1 N–H and O–H groups in total. The molecule has 0 atom stereocenters. The Labute approximate surface area is 169 Å². The number of nitrogens with one attached hydrogen (secondary N) is 1. The van der Waals surface area contributed by atoms with Crippen LogP contribution in [0.5, 0.6) is 11.5 Å². The number of piperazine rings is 1. The molecule has 3 heterocycles. The molecule has 9 heteroatoms. The first-order valence-electron chi connectivity index (χ1n) is 9.36. The number of ether oxygens (including phenoxy) is 2. The molecule has 29 heavy (non-hydrogen) atoms. The van der Waals surface area contributed by atoms with E-state index in [-0.39, 0.29) is 0 Å². The van der Waals surface area contributed by atoms with Gasteiger partial charge >= 0.3 is 0 Å². The maximum absolute atomic E-state index is 5.42. The van der Waals surface area contributed by atoms with Gasteiger partial charge in [0.15, 0.2) is 0 Å². The molecule has 9 nitrogen and oxygen atoms in total. The number of hydrogen-bond donors (Lipinski definition) is 1. The van der Waals surface area contributed by atoms with Crippen LogP contribution >= 0.6 is 0 Å². The topological polar surface area (TPSA) is 88.5 Å². The van der Waals surface area contributed by atoms with Gasteiger partial charge in [-0.3, -0.25) is 0 Å². The molecular weight excluding hydrogens is 370 g/mol. The molecule has 1 saturated heterocycles. The normalized spacial score (nSPS) is 13.9. The minimum atomic E-state index is 0.503. The number of benzene rings is 1. The van der Waals surface area contributed by atoms with E-state index in [1.165, 1.54) is 0 Å². The molecular formula is C20H23N7O2. The van der Waals surface area contributed by atoms with Crippen LogP contribution in [-0.2, 0) is 0 Å². The second-order valence-electron chi connectivity index (χ2n) is 6.45. The zero-order chi connectivity index (χ0) is 20.1. The number of nitrogens with zero attached hydrogens (tertiary/aromatic N) is 6. The molecule has 2 aromatic heterocycles. The summed E-state index contributed by atoms with van der Waals surface area (Å²) in [7, 11) is 3.25. The minimum Gasteiger partial charge on any atom is -0.497 e. The second kappa shape index (κ2) is 8.59. The summed E-state index contributed by atoms with van der Waals surface area (Å²) in [5.74, 6) is 3.56. The van der Waals surface area contributed by atoms with Crippen molar-refractivity contribution in [2.24, 2.45) is 0 Å². The average Bonchev–Trinajstić information content (AvgIpc) is 2.80. The molecule has 150 valence electrons. The maximum atomic E-state index is 5.42. The molecule has 0 aliphatic carbocycles. The van der Waals surface area contributed by atoms with Crippen LogP contribution in [0.15, 0.2) is 48.9 Å². The lowest BCUT2D eigenvalue weighted by Gasteiger charge is -2.35. The molecule has 1 fully saturated rings. The van der Waals surface area contributed by atoms with Gasteiger partial charge in [0.05, 0.1) is 19.9 Å². The largest absolute Gasteiger partial charge is 0.497 e. The third kappa shape index (κ3) is 4.29. The van der Waals surface area contributed by atoms with E-state index >= 15 is 0 Å². The highest BCUT2D eigenvalue weighted by atomic mass is 16.5. The van der Waals surface area contributed by atoms with Crippen molar-refractivity contribution in [3.8, 4) is 11.5 Å². The second-order valence-corrected chi connectivity index (χ2v) is 6.45. The Hall–Kier alpha value is -3.62. The fraction of sp³-hybridized carbons (Fsp3) is 0.300. The molecule has 0 radical (unpaired) electrons. The van der Waals surface area contributed by atoms with Gasteiger partial charge in [-0.1, -0.05) is 0 Å². The van der Waals surface area contributed by atoms with Crippen LogP contribution in [0.4, 0.5) is 23.4 Å². The molecule has 0 bridgehead atoms. The minimum absolute atomic E-state index is 0.503. The maximum Gasteiger partial charge on any atom is 0.229 e.